The zero-order valence-corrected chi connectivity index (χ0v) is 19.3. The van der Waals surface area contributed by atoms with Crippen LogP contribution in [0, 0.1) is 6.92 Å². The fourth-order valence-electron chi connectivity index (χ4n) is 3.54. The zero-order chi connectivity index (χ0) is 23.6. The smallest absolute Gasteiger partial charge is 0.368 e. The predicted octanol–water partition coefficient (Wildman–Crippen LogP) is 4.69. The maximum atomic E-state index is 13.0. The molecule has 1 aliphatic rings. The van der Waals surface area contributed by atoms with Crippen LogP contribution in [0.25, 0.3) is 5.69 Å². The maximum Gasteiger partial charge on any atom is 0.416 e. The SMILES string of the molecule is Cc1ccc(-n2cnnc2SCC(=O)N2CCN(c3cccc(C(F)(F)F)c3)CC2)cc1Cl. The fourth-order valence-corrected chi connectivity index (χ4v) is 4.55. The molecule has 3 aromatic rings. The molecule has 0 aliphatic carbocycles. The highest BCUT2D eigenvalue weighted by atomic mass is 35.5. The average molecular weight is 496 g/mol. The number of carbonyl (C=O) groups excluding carboxylic acids is 1. The summed E-state index contributed by atoms with van der Waals surface area (Å²) >= 11 is 7.50. The lowest BCUT2D eigenvalue weighted by atomic mass is 10.1. The Morgan fingerprint density at radius 2 is 1.85 bits per heavy atom. The maximum absolute atomic E-state index is 13.0. The first-order valence-electron chi connectivity index (χ1n) is 10.2. The summed E-state index contributed by atoms with van der Waals surface area (Å²) in [4.78, 5) is 16.3. The molecule has 2 aromatic carbocycles. The third kappa shape index (κ3) is 5.44. The molecule has 0 unspecified atom stereocenters. The van der Waals surface area contributed by atoms with Gasteiger partial charge >= 0.3 is 6.18 Å². The number of thioether (sulfide) groups is 1. The van der Waals surface area contributed by atoms with Crippen LogP contribution in [0.4, 0.5) is 18.9 Å². The monoisotopic (exact) mass is 495 g/mol. The van der Waals surface area contributed by atoms with Crippen molar-refractivity contribution >= 4 is 35.0 Å². The van der Waals surface area contributed by atoms with Gasteiger partial charge in [0.2, 0.25) is 5.91 Å². The van der Waals surface area contributed by atoms with Crippen LogP contribution < -0.4 is 4.90 Å². The van der Waals surface area contributed by atoms with Crippen LogP contribution in [0.5, 0.6) is 0 Å². The van der Waals surface area contributed by atoms with E-state index in [1.165, 1.54) is 17.8 Å². The molecule has 1 aliphatic heterocycles. The van der Waals surface area contributed by atoms with E-state index in [2.05, 4.69) is 10.2 Å². The summed E-state index contributed by atoms with van der Waals surface area (Å²) in [6.07, 6.45) is -2.81. The van der Waals surface area contributed by atoms with E-state index in [4.69, 9.17) is 11.6 Å². The van der Waals surface area contributed by atoms with E-state index in [9.17, 15) is 18.0 Å². The van der Waals surface area contributed by atoms with Crippen molar-refractivity contribution < 1.29 is 18.0 Å². The van der Waals surface area contributed by atoms with Gasteiger partial charge in [-0.1, -0.05) is 35.5 Å². The van der Waals surface area contributed by atoms with Crippen molar-refractivity contribution in [2.24, 2.45) is 0 Å². The molecule has 6 nitrogen and oxygen atoms in total. The number of anilines is 1. The summed E-state index contributed by atoms with van der Waals surface area (Å²) in [5.74, 6) is 0.127. The average Bonchev–Trinajstić information content (AvgIpc) is 3.27. The number of nitrogens with zero attached hydrogens (tertiary/aromatic N) is 5. The number of aryl methyl sites for hydroxylation is 1. The number of amides is 1. The fraction of sp³-hybridized carbons (Fsp3) is 0.318. The first kappa shape index (κ1) is 23.4. The standard InChI is InChI=1S/C22H21ClF3N5OS/c1-15-5-6-18(12-19(15)23)31-14-27-28-21(31)33-13-20(32)30-9-7-29(8-10-30)17-4-2-3-16(11-17)22(24,25)26/h2-6,11-12,14H,7-10,13H2,1H3. The van der Waals surface area contributed by atoms with Gasteiger partial charge in [-0.3, -0.25) is 9.36 Å². The van der Waals surface area contributed by atoms with Crippen molar-refractivity contribution in [3.8, 4) is 5.69 Å². The molecule has 174 valence electrons. The molecule has 11 heteroatoms. The van der Waals surface area contributed by atoms with Gasteiger partial charge in [-0.2, -0.15) is 13.2 Å². The van der Waals surface area contributed by atoms with Crippen molar-refractivity contribution in [1.82, 2.24) is 19.7 Å². The number of aromatic nitrogens is 3. The van der Waals surface area contributed by atoms with E-state index in [1.807, 2.05) is 30.0 Å². The minimum atomic E-state index is -4.38. The van der Waals surface area contributed by atoms with Gasteiger partial charge in [0.15, 0.2) is 5.16 Å². The minimum Gasteiger partial charge on any atom is -0.368 e. The number of hydrogen-bond donors (Lipinski definition) is 0. The van der Waals surface area contributed by atoms with Crippen LogP contribution in [0.2, 0.25) is 5.02 Å². The Morgan fingerprint density at radius 3 is 2.55 bits per heavy atom. The molecule has 1 aromatic heterocycles. The van der Waals surface area contributed by atoms with Gasteiger partial charge in [-0.25, -0.2) is 0 Å². The Morgan fingerprint density at radius 1 is 1.09 bits per heavy atom. The summed E-state index contributed by atoms with van der Waals surface area (Å²) < 4.78 is 40.7. The Bertz CT molecular complexity index is 1150. The molecule has 0 atom stereocenters. The number of hydrogen-bond acceptors (Lipinski definition) is 5. The molecule has 1 fully saturated rings. The van der Waals surface area contributed by atoms with E-state index in [0.717, 1.165) is 23.4 Å². The van der Waals surface area contributed by atoms with Gasteiger partial charge < -0.3 is 9.80 Å². The Kier molecular flexibility index (Phi) is 6.85. The molecule has 0 spiro atoms. The van der Waals surface area contributed by atoms with Crippen molar-refractivity contribution in [2.75, 3.05) is 36.8 Å². The van der Waals surface area contributed by atoms with Crippen LogP contribution in [-0.2, 0) is 11.0 Å². The number of carbonyl (C=O) groups is 1. The molecule has 4 rings (SSSR count). The Hall–Kier alpha value is -2.72. The summed E-state index contributed by atoms with van der Waals surface area (Å²) in [5.41, 5.74) is 1.60. The molecular formula is C22H21ClF3N5OS. The van der Waals surface area contributed by atoms with E-state index >= 15 is 0 Å². The van der Waals surface area contributed by atoms with Gasteiger partial charge in [0.25, 0.3) is 0 Å². The van der Waals surface area contributed by atoms with Gasteiger partial charge in [-0.15, -0.1) is 10.2 Å². The molecular weight excluding hydrogens is 475 g/mol. The van der Waals surface area contributed by atoms with Crippen molar-refractivity contribution in [2.45, 2.75) is 18.3 Å². The molecule has 33 heavy (non-hydrogen) atoms. The largest absolute Gasteiger partial charge is 0.416 e. The summed E-state index contributed by atoms with van der Waals surface area (Å²) in [6.45, 7) is 3.73. The van der Waals surface area contributed by atoms with E-state index < -0.39 is 11.7 Å². The highest BCUT2D eigenvalue weighted by Crippen LogP contribution is 2.32. The molecule has 0 radical (unpaired) electrons. The highest BCUT2D eigenvalue weighted by molar-refractivity contribution is 7.99. The van der Waals surface area contributed by atoms with Gasteiger partial charge in [0.1, 0.15) is 6.33 Å². The lowest BCUT2D eigenvalue weighted by Crippen LogP contribution is -2.49. The summed E-state index contributed by atoms with van der Waals surface area (Å²) in [6, 6.07) is 10.9. The molecule has 1 saturated heterocycles. The zero-order valence-electron chi connectivity index (χ0n) is 17.7. The number of alkyl halides is 3. The Balaban J connectivity index is 1.34. The number of benzene rings is 2. The van der Waals surface area contributed by atoms with Crippen molar-refractivity contribution in [1.29, 1.82) is 0 Å². The first-order valence-corrected chi connectivity index (χ1v) is 11.6. The van der Waals surface area contributed by atoms with E-state index in [0.29, 0.717) is 42.0 Å². The van der Waals surface area contributed by atoms with Crippen molar-refractivity contribution in [3.05, 3.63) is 64.9 Å². The lowest BCUT2D eigenvalue weighted by molar-refractivity contribution is -0.137. The molecule has 2 heterocycles. The Labute approximate surface area is 198 Å². The normalized spacial score (nSPS) is 14.6. The summed E-state index contributed by atoms with van der Waals surface area (Å²) in [5, 5.41) is 9.26. The second-order valence-electron chi connectivity index (χ2n) is 7.62. The van der Waals surface area contributed by atoms with Crippen LogP contribution in [-0.4, -0.2) is 57.5 Å². The third-order valence-corrected chi connectivity index (χ3v) is 6.78. The number of piperazine rings is 1. The number of halogens is 4. The van der Waals surface area contributed by atoms with E-state index in [-0.39, 0.29) is 11.7 Å². The van der Waals surface area contributed by atoms with Crippen LogP contribution >= 0.6 is 23.4 Å². The minimum absolute atomic E-state index is 0.0554. The van der Waals surface area contributed by atoms with Crippen molar-refractivity contribution in [3.63, 3.8) is 0 Å². The highest BCUT2D eigenvalue weighted by Gasteiger charge is 2.31. The van der Waals surface area contributed by atoms with Crippen LogP contribution in [0.15, 0.2) is 53.9 Å². The quantitative estimate of drug-likeness (QED) is 0.481. The van der Waals surface area contributed by atoms with Gasteiger partial charge in [0, 0.05) is 36.9 Å². The second kappa shape index (κ2) is 9.64. The lowest BCUT2D eigenvalue weighted by Gasteiger charge is -2.36. The molecule has 0 saturated carbocycles. The molecule has 0 N–H and O–H groups in total. The van der Waals surface area contributed by atoms with Crippen LogP contribution in [0.1, 0.15) is 11.1 Å². The molecule has 1 amide bonds. The van der Waals surface area contributed by atoms with Gasteiger partial charge in [0.05, 0.1) is 17.0 Å². The number of rotatable bonds is 5. The molecule has 0 bridgehead atoms. The van der Waals surface area contributed by atoms with Gasteiger partial charge in [-0.05, 0) is 42.8 Å². The van der Waals surface area contributed by atoms with Crippen LogP contribution in [0.3, 0.4) is 0 Å². The van der Waals surface area contributed by atoms with E-state index in [1.54, 1.807) is 21.9 Å². The second-order valence-corrected chi connectivity index (χ2v) is 8.97. The predicted molar refractivity (Wildman–Crippen MR) is 122 cm³/mol. The summed E-state index contributed by atoms with van der Waals surface area (Å²) in [7, 11) is 0. The topological polar surface area (TPSA) is 54.3 Å². The third-order valence-electron chi connectivity index (χ3n) is 5.45. The first-order chi connectivity index (χ1) is 15.7.